The van der Waals surface area contributed by atoms with Crippen LogP contribution in [0.15, 0.2) is 0 Å². The SMILES string of the molecule is CC(C)CC[C@@H]1CCN[C@@H]1C(=O)O. The molecule has 0 spiro atoms. The lowest BCUT2D eigenvalue weighted by Crippen LogP contribution is -2.35. The number of carboxylic acids is 1. The van der Waals surface area contributed by atoms with Crippen LogP contribution in [0.5, 0.6) is 0 Å². The van der Waals surface area contributed by atoms with Crippen LogP contribution < -0.4 is 5.32 Å². The van der Waals surface area contributed by atoms with Crippen molar-refractivity contribution < 1.29 is 9.90 Å². The third-order valence-corrected chi connectivity index (χ3v) is 2.73. The van der Waals surface area contributed by atoms with Gasteiger partial charge in [-0.1, -0.05) is 20.3 Å². The van der Waals surface area contributed by atoms with Gasteiger partial charge in [0.15, 0.2) is 0 Å². The molecule has 0 aromatic rings. The summed E-state index contributed by atoms with van der Waals surface area (Å²) in [7, 11) is 0. The van der Waals surface area contributed by atoms with Gasteiger partial charge in [0.05, 0.1) is 0 Å². The molecule has 3 heteroatoms. The van der Waals surface area contributed by atoms with E-state index in [-0.39, 0.29) is 6.04 Å². The van der Waals surface area contributed by atoms with Gasteiger partial charge in [-0.05, 0) is 31.2 Å². The predicted octanol–water partition coefficient (Wildman–Crippen LogP) is 1.49. The molecule has 2 N–H and O–H groups in total. The molecule has 0 saturated carbocycles. The fourth-order valence-corrected chi connectivity index (χ4v) is 1.90. The maximum atomic E-state index is 10.8. The van der Waals surface area contributed by atoms with Gasteiger partial charge in [-0.25, -0.2) is 0 Å². The second-order valence-corrected chi connectivity index (χ2v) is 4.29. The Morgan fingerprint density at radius 1 is 1.62 bits per heavy atom. The zero-order valence-electron chi connectivity index (χ0n) is 8.42. The zero-order valence-corrected chi connectivity index (χ0v) is 8.42. The van der Waals surface area contributed by atoms with E-state index in [2.05, 4.69) is 19.2 Å². The highest BCUT2D eigenvalue weighted by molar-refractivity contribution is 5.74. The normalized spacial score (nSPS) is 28.2. The molecule has 0 unspecified atom stereocenters. The number of rotatable bonds is 4. The van der Waals surface area contributed by atoms with Crippen LogP contribution >= 0.6 is 0 Å². The molecule has 76 valence electrons. The summed E-state index contributed by atoms with van der Waals surface area (Å²) in [4.78, 5) is 10.8. The Kier molecular flexibility index (Phi) is 3.72. The monoisotopic (exact) mass is 185 g/mol. The molecule has 13 heavy (non-hydrogen) atoms. The number of nitrogens with one attached hydrogen (secondary N) is 1. The molecule has 2 atom stereocenters. The molecule has 1 fully saturated rings. The standard InChI is InChI=1S/C10H19NO2/c1-7(2)3-4-8-5-6-11-9(8)10(12)13/h7-9,11H,3-6H2,1-2H3,(H,12,13)/t8-,9+/m1/s1. The minimum atomic E-state index is -0.689. The fourth-order valence-electron chi connectivity index (χ4n) is 1.90. The van der Waals surface area contributed by atoms with Crippen LogP contribution in [0.25, 0.3) is 0 Å². The van der Waals surface area contributed by atoms with Gasteiger partial charge >= 0.3 is 5.97 Å². The Morgan fingerprint density at radius 3 is 2.85 bits per heavy atom. The van der Waals surface area contributed by atoms with E-state index in [9.17, 15) is 4.79 Å². The molecule has 0 aromatic heterocycles. The average Bonchev–Trinajstić information content (AvgIpc) is 2.47. The van der Waals surface area contributed by atoms with Gasteiger partial charge in [0.25, 0.3) is 0 Å². The van der Waals surface area contributed by atoms with E-state index in [1.807, 2.05) is 0 Å². The molecular formula is C10H19NO2. The van der Waals surface area contributed by atoms with E-state index in [0.717, 1.165) is 25.8 Å². The van der Waals surface area contributed by atoms with E-state index >= 15 is 0 Å². The van der Waals surface area contributed by atoms with E-state index in [0.29, 0.717) is 11.8 Å². The Labute approximate surface area is 79.5 Å². The fraction of sp³-hybridized carbons (Fsp3) is 0.900. The Morgan fingerprint density at radius 2 is 2.31 bits per heavy atom. The maximum absolute atomic E-state index is 10.8. The minimum Gasteiger partial charge on any atom is -0.480 e. The first-order valence-electron chi connectivity index (χ1n) is 5.07. The highest BCUT2D eigenvalue weighted by Gasteiger charge is 2.31. The molecule has 0 radical (unpaired) electrons. The number of hydrogen-bond donors (Lipinski definition) is 2. The van der Waals surface area contributed by atoms with Gasteiger partial charge < -0.3 is 10.4 Å². The third kappa shape index (κ3) is 2.99. The van der Waals surface area contributed by atoms with E-state index in [1.54, 1.807) is 0 Å². The quantitative estimate of drug-likeness (QED) is 0.697. The summed E-state index contributed by atoms with van der Waals surface area (Å²) in [6.07, 6.45) is 3.20. The highest BCUT2D eigenvalue weighted by atomic mass is 16.4. The lowest BCUT2D eigenvalue weighted by Gasteiger charge is -2.16. The summed E-state index contributed by atoms with van der Waals surface area (Å²) in [5.74, 6) is 0.334. The molecule has 3 nitrogen and oxygen atoms in total. The average molecular weight is 185 g/mol. The molecule has 1 aliphatic rings. The number of carbonyl (C=O) groups is 1. The van der Waals surface area contributed by atoms with Crippen molar-refractivity contribution in [3.8, 4) is 0 Å². The Bertz CT molecular complexity index is 180. The zero-order chi connectivity index (χ0) is 9.84. The smallest absolute Gasteiger partial charge is 0.320 e. The molecule has 0 aromatic carbocycles. The van der Waals surface area contributed by atoms with Crippen LogP contribution in [0, 0.1) is 11.8 Å². The van der Waals surface area contributed by atoms with Gasteiger partial charge in [-0.2, -0.15) is 0 Å². The first-order chi connectivity index (χ1) is 6.11. The molecule has 0 aliphatic carbocycles. The largest absolute Gasteiger partial charge is 0.480 e. The van der Waals surface area contributed by atoms with Crippen LogP contribution in [0.2, 0.25) is 0 Å². The first kappa shape index (κ1) is 10.5. The molecule has 1 heterocycles. The maximum Gasteiger partial charge on any atom is 0.320 e. The lowest BCUT2D eigenvalue weighted by molar-refractivity contribution is -0.140. The van der Waals surface area contributed by atoms with Crippen molar-refractivity contribution in [3.63, 3.8) is 0 Å². The van der Waals surface area contributed by atoms with E-state index in [4.69, 9.17) is 5.11 Å². The number of carboxylic acid groups (broad SMARTS) is 1. The molecule has 1 aliphatic heterocycles. The second kappa shape index (κ2) is 4.61. The summed E-state index contributed by atoms with van der Waals surface area (Å²) in [5.41, 5.74) is 0. The highest BCUT2D eigenvalue weighted by Crippen LogP contribution is 2.23. The van der Waals surface area contributed by atoms with Crippen molar-refractivity contribution in [1.29, 1.82) is 0 Å². The summed E-state index contributed by atoms with van der Waals surface area (Å²) >= 11 is 0. The van der Waals surface area contributed by atoms with Crippen molar-refractivity contribution in [3.05, 3.63) is 0 Å². The van der Waals surface area contributed by atoms with Gasteiger partial charge in [0.1, 0.15) is 6.04 Å². The van der Waals surface area contributed by atoms with Crippen LogP contribution in [0.1, 0.15) is 33.1 Å². The number of hydrogen-bond acceptors (Lipinski definition) is 2. The van der Waals surface area contributed by atoms with Crippen LogP contribution in [-0.2, 0) is 4.79 Å². The van der Waals surface area contributed by atoms with Crippen LogP contribution in [0.4, 0.5) is 0 Å². The topological polar surface area (TPSA) is 49.3 Å². The lowest BCUT2D eigenvalue weighted by atomic mass is 9.92. The first-order valence-corrected chi connectivity index (χ1v) is 5.07. The molecule has 1 rings (SSSR count). The van der Waals surface area contributed by atoms with Gasteiger partial charge in [-0.3, -0.25) is 4.79 Å². The van der Waals surface area contributed by atoms with Gasteiger partial charge in [0.2, 0.25) is 0 Å². The molecule has 0 amide bonds. The Hall–Kier alpha value is -0.570. The predicted molar refractivity (Wildman–Crippen MR) is 51.6 cm³/mol. The van der Waals surface area contributed by atoms with Gasteiger partial charge in [0, 0.05) is 0 Å². The second-order valence-electron chi connectivity index (χ2n) is 4.29. The van der Waals surface area contributed by atoms with Crippen molar-refractivity contribution in [2.24, 2.45) is 11.8 Å². The summed E-state index contributed by atoms with van der Waals surface area (Å²) < 4.78 is 0. The van der Waals surface area contributed by atoms with E-state index in [1.165, 1.54) is 0 Å². The summed E-state index contributed by atoms with van der Waals surface area (Å²) in [6, 6.07) is -0.293. The minimum absolute atomic E-state index is 0.293. The van der Waals surface area contributed by atoms with E-state index < -0.39 is 5.97 Å². The molecular weight excluding hydrogens is 166 g/mol. The number of aliphatic carboxylic acids is 1. The van der Waals surface area contributed by atoms with Crippen molar-refractivity contribution in [1.82, 2.24) is 5.32 Å². The van der Waals surface area contributed by atoms with Crippen LogP contribution in [-0.4, -0.2) is 23.7 Å². The van der Waals surface area contributed by atoms with Crippen molar-refractivity contribution in [2.45, 2.75) is 39.2 Å². The molecule has 0 bridgehead atoms. The summed E-state index contributed by atoms with van der Waals surface area (Å²) in [5, 5.41) is 11.9. The van der Waals surface area contributed by atoms with Gasteiger partial charge in [-0.15, -0.1) is 0 Å². The van der Waals surface area contributed by atoms with Crippen molar-refractivity contribution >= 4 is 5.97 Å². The Balaban J connectivity index is 2.35. The van der Waals surface area contributed by atoms with Crippen LogP contribution in [0.3, 0.4) is 0 Å². The third-order valence-electron chi connectivity index (χ3n) is 2.73. The summed E-state index contributed by atoms with van der Waals surface area (Å²) in [6.45, 7) is 5.22. The van der Waals surface area contributed by atoms with Crippen molar-refractivity contribution in [2.75, 3.05) is 6.54 Å². The molecule has 1 saturated heterocycles.